The molecule has 1 heterocycles. The van der Waals surface area contributed by atoms with E-state index in [-0.39, 0.29) is 22.6 Å². The van der Waals surface area contributed by atoms with Gasteiger partial charge in [-0.15, -0.1) is 13.2 Å². The van der Waals surface area contributed by atoms with Gasteiger partial charge in [-0.05, 0) is 72.3 Å². The van der Waals surface area contributed by atoms with Crippen molar-refractivity contribution in [3.05, 3.63) is 101 Å². The molecule has 4 rings (SSSR count). The Hall–Kier alpha value is -4.16. The number of carbonyl (C=O) groups is 1. The maximum atomic E-state index is 13.3. The molecule has 1 aliphatic heterocycles. The van der Waals surface area contributed by atoms with Crippen LogP contribution in [0.15, 0.2) is 84.6 Å². The van der Waals surface area contributed by atoms with Gasteiger partial charge in [0.15, 0.2) is 0 Å². The van der Waals surface area contributed by atoms with Crippen molar-refractivity contribution in [1.82, 2.24) is 0 Å². The van der Waals surface area contributed by atoms with Crippen molar-refractivity contribution >= 4 is 17.3 Å². The highest BCUT2D eigenvalue weighted by atomic mass is 19.4. The summed E-state index contributed by atoms with van der Waals surface area (Å²) in [5.41, 5.74) is -1.85. The molecule has 4 nitrogen and oxygen atoms in total. The smallest absolute Gasteiger partial charge is 0.406 e. The lowest BCUT2D eigenvalue weighted by molar-refractivity contribution is -0.274. The quantitative estimate of drug-likeness (QED) is 0.334. The average Bonchev–Trinajstić information content (AvgIpc) is 3.13. The van der Waals surface area contributed by atoms with Gasteiger partial charge >= 0.3 is 18.7 Å². The highest BCUT2D eigenvalue weighted by Gasteiger charge is 2.37. The number of ether oxygens (including phenoxy) is 1. The molecule has 3 aromatic rings. The number of amides is 1. The predicted molar refractivity (Wildman–Crippen MR) is 118 cm³/mol. The molecule has 1 atom stereocenters. The summed E-state index contributed by atoms with van der Waals surface area (Å²) in [6, 6.07) is 10.8. The van der Waals surface area contributed by atoms with E-state index >= 15 is 0 Å². The van der Waals surface area contributed by atoms with Gasteiger partial charge in [0.25, 0.3) is 5.91 Å². The summed E-state index contributed by atoms with van der Waals surface area (Å²) >= 11 is 0. The van der Waals surface area contributed by atoms with E-state index < -0.39 is 47.5 Å². The summed E-state index contributed by atoms with van der Waals surface area (Å²) in [5.74, 6) is -1.37. The Morgan fingerprint density at radius 3 is 1.82 bits per heavy atom. The number of halogens is 9. The molecule has 0 aromatic heterocycles. The summed E-state index contributed by atoms with van der Waals surface area (Å²) in [6.07, 6.45) is -12.9. The van der Waals surface area contributed by atoms with Gasteiger partial charge in [0, 0.05) is 11.4 Å². The van der Waals surface area contributed by atoms with Gasteiger partial charge in [0.2, 0.25) is 0 Å². The van der Waals surface area contributed by atoms with E-state index in [2.05, 4.69) is 10.1 Å². The van der Waals surface area contributed by atoms with Crippen LogP contribution >= 0.6 is 0 Å². The zero-order valence-electron chi connectivity index (χ0n) is 18.7. The van der Waals surface area contributed by atoms with Crippen molar-refractivity contribution < 1.29 is 49.0 Å². The molecular weight excluding hydrogens is 531 g/mol. The molecule has 3 aromatic carbocycles. The zero-order valence-corrected chi connectivity index (χ0v) is 18.7. The van der Waals surface area contributed by atoms with Crippen molar-refractivity contribution in [3.63, 3.8) is 0 Å². The summed E-state index contributed by atoms with van der Waals surface area (Å²) in [4.78, 5) is 14.3. The number of hydrogen-bond donors (Lipinski definition) is 1. The third-order valence-electron chi connectivity index (χ3n) is 5.45. The number of anilines is 2. The number of rotatable bonds is 5. The Labute approximate surface area is 208 Å². The van der Waals surface area contributed by atoms with Gasteiger partial charge in [0.1, 0.15) is 11.4 Å². The third-order valence-corrected chi connectivity index (χ3v) is 5.45. The van der Waals surface area contributed by atoms with Gasteiger partial charge < -0.3 is 10.1 Å². The van der Waals surface area contributed by atoms with Crippen molar-refractivity contribution in [1.29, 1.82) is 0 Å². The molecule has 0 aliphatic carbocycles. The molecule has 0 saturated carbocycles. The maximum Gasteiger partial charge on any atom is 0.573 e. The number of nitrogens with zero attached hydrogens (tertiary/aromatic N) is 1. The molecule has 1 aliphatic rings. The summed E-state index contributed by atoms with van der Waals surface area (Å²) < 4.78 is 120. The second kappa shape index (κ2) is 9.62. The molecule has 0 spiro atoms. The van der Waals surface area contributed by atoms with Crippen LogP contribution in [-0.4, -0.2) is 12.3 Å². The minimum atomic E-state index is -5.00. The second-order valence-corrected chi connectivity index (χ2v) is 8.07. The Kier molecular flexibility index (Phi) is 6.80. The Bertz CT molecular complexity index is 1340. The third kappa shape index (κ3) is 6.03. The van der Waals surface area contributed by atoms with Crippen molar-refractivity contribution in [2.45, 2.75) is 24.8 Å². The summed E-state index contributed by atoms with van der Waals surface area (Å²) in [6.45, 7) is 0. The van der Waals surface area contributed by atoms with Gasteiger partial charge in [-0.2, -0.15) is 26.3 Å². The molecule has 13 heteroatoms. The molecule has 1 N–H and O–H groups in total. The van der Waals surface area contributed by atoms with Gasteiger partial charge in [-0.1, -0.05) is 12.1 Å². The van der Waals surface area contributed by atoms with Crippen LogP contribution in [0.3, 0.4) is 0 Å². The maximum absolute atomic E-state index is 13.3. The van der Waals surface area contributed by atoms with Crippen LogP contribution < -0.4 is 15.0 Å². The van der Waals surface area contributed by atoms with E-state index in [1.54, 1.807) is 0 Å². The molecule has 1 unspecified atom stereocenters. The first-order chi connectivity index (χ1) is 17.6. The van der Waals surface area contributed by atoms with Crippen LogP contribution in [-0.2, 0) is 17.1 Å². The number of carbonyl (C=O) groups excluding carboxylic acids is 1. The number of benzene rings is 3. The van der Waals surface area contributed by atoms with Gasteiger partial charge in [-0.25, -0.2) is 0 Å². The Morgan fingerprint density at radius 2 is 1.29 bits per heavy atom. The fraction of sp³-hybridized carbons (Fsp3) is 0.160. The minimum Gasteiger partial charge on any atom is -0.406 e. The fourth-order valence-electron chi connectivity index (χ4n) is 3.78. The van der Waals surface area contributed by atoms with Crippen LogP contribution in [0.25, 0.3) is 0 Å². The fourth-order valence-corrected chi connectivity index (χ4v) is 3.78. The summed E-state index contributed by atoms with van der Waals surface area (Å²) in [5, 5.41) is 2.67. The normalized spacial score (nSPS) is 16.4. The van der Waals surface area contributed by atoms with Crippen LogP contribution in [0, 0.1) is 0 Å². The first-order valence-corrected chi connectivity index (χ1v) is 10.6. The van der Waals surface area contributed by atoms with E-state index in [4.69, 9.17) is 0 Å². The molecule has 0 saturated heterocycles. The number of alkyl halides is 9. The molecule has 1 amide bonds. The second-order valence-electron chi connectivity index (χ2n) is 8.07. The molecule has 38 heavy (non-hydrogen) atoms. The van der Waals surface area contributed by atoms with Crippen molar-refractivity contribution in [2.24, 2.45) is 0 Å². The predicted octanol–water partition coefficient (Wildman–Crippen LogP) is 7.71. The minimum absolute atomic E-state index is 0.00406. The van der Waals surface area contributed by atoms with Gasteiger partial charge in [-0.3, -0.25) is 9.69 Å². The van der Waals surface area contributed by atoms with Crippen LogP contribution in [0.2, 0.25) is 0 Å². The van der Waals surface area contributed by atoms with E-state index in [1.807, 2.05) is 0 Å². The highest BCUT2D eigenvalue weighted by molar-refractivity contribution is 6.11. The summed E-state index contributed by atoms with van der Waals surface area (Å²) in [7, 11) is 0. The number of nitrogens with one attached hydrogen (secondary N) is 1. The standard InChI is InChI=1S/C25H15F9N2O2/c26-23(27,28)15-4-8-17(9-5-15)35-20-13-21(14-2-1-3-19(12-14)38-25(32,33)34)36(22(20)37)18-10-6-16(7-11-18)24(29,30)31/h1-13,21,35H. The van der Waals surface area contributed by atoms with Gasteiger partial charge in [0.05, 0.1) is 17.2 Å². The number of hydrogen-bond acceptors (Lipinski definition) is 3. The largest absolute Gasteiger partial charge is 0.573 e. The monoisotopic (exact) mass is 546 g/mol. The highest BCUT2D eigenvalue weighted by Crippen LogP contribution is 2.39. The van der Waals surface area contributed by atoms with E-state index in [0.717, 1.165) is 65.6 Å². The van der Waals surface area contributed by atoms with Crippen LogP contribution in [0.4, 0.5) is 50.9 Å². The lowest BCUT2D eigenvalue weighted by Crippen LogP contribution is -2.31. The first-order valence-electron chi connectivity index (χ1n) is 10.6. The average molecular weight is 546 g/mol. The zero-order chi connectivity index (χ0) is 27.9. The van der Waals surface area contributed by atoms with Crippen LogP contribution in [0.1, 0.15) is 22.7 Å². The van der Waals surface area contributed by atoms with Crippen molar-refractivity contribution in [2.75, 3.05) is 10.2 Å². The lowest BCUT2D eigenvalue weighted by Gasteiger charge is -2.26. The molecule has 0 bridgehead atoms. The SMILES string of the molecule is O=C1C(Nc2ccc(C(F)(F)F)cc2)=CC(c2cccc(OC(F)(F)F)c2)N1c1ccc(C(F)(F)F)cc1. The van der Waals surface area contributed by atoms with Crippen LogP contribution in [0.5, 0.6) is 5.75 Å². The van der Waals surface area contributed by atoms with Crippen molar-refractivity contribution in [3.8, 4) is 5.75 Å². The molecule has 200 valence electrons. The van der Waals surface area contributed by atoms with E-state index in [9.17, 15) is 44.3 Å². The molecular formula is C25H15F9N2O2. The lowest BCUT2D eigenvalue weighted by atomic mass is 10.1. The first kappa shape index (κ1) is 26.9. The Balaban J connectivity index is 1.71. The Morgan fingerprint density at radius 1 is 0.737 bits per heavy atom. The molecule has 0 radical (unpaired) electrons. The van der Waals surface area contributed by atoms with E-state index in [1.165, 1.54) is 18.2 Å². The topological polar surface area (TPSA) is 41.6 Å². The van der Waals surface area contributed by atoms with E-state index in [0.29, 0.717) is 0 Å². The molecule has 0 fully saturated rings.